The zero-order chi connectivity index (χ0) is 14.8. The van der Waals surface area contributed by atoms with E-state index >= 15 is 0 Å². The number of aromatic nitrogens is 3. The highest BCUT2D eigenvalue weighted by Gasteiger charge is 2.22. The molecule has 0 spiro atoms. The van der Waals surface area contributed by atoms with Gasteiger partial charge in [-0.25, -0.2) is 15.0 Å². The molecule has 0 radical (unpaired) electrons. The molecule has 0 aliphatic carbocycles. The molecule has 5 nitrogen and oxygen atoms in total. The average molecular weight is 292 g/mol. The van der Waals surface area contributed by atoms with Crippen molar-refractivity contribution in [2.45, 2.75) is 50.3 Å². The van der Waals surface area contributed by atoms with E-state index in [1.165, 1.54) is 11.8 Å². The van der Waals surface area contributed by atoms with Crippen LogP contribution in [-0.4, -0.2) is 21.5 Å². The third-order valence-electron chi connectivity index (χ3n) is 2.71. The third-order valence-corrected chi connectivity index (χ3v) is 3.68. The van der Waals surface area contributed by atoms with Crippen molar-refractivity contribution in [1.82, 2.24) is 15.0 Å². The Bertz CT molecular complexity index is 576. The predicted molar refractivity (Wildman–Crippen MR) is 80.3 cm³/mol. The first-order valence-electron chi connectivity index (χ1n) is 6.62. The summed E-state index contributed by atoms with van der Waals surface area (Å²) in [4.78, 5) is 13.4. The summed E-state index contributed by atoms with van der Waals surface area (Å²) >= 11 is 1.42. The second-order valence-corrected chi connectivity index (χ2v) is 6.45. The quantitative estimate of drug-likeness (QED) is 0.868. The Morgan fingerprint density at radius 3 is 2.60 bits per heavy atom. The van der Waals surface area contributed by atoms with Crippen LogP contribution in [0.2, 0.25) is 0 Å². The van der Waals surface area contributed by atoms with Crippen LogP contribution in [0.25, 0.3) is 0 Å². The second kappa shape index (κ2) is 5.83. The minimum Gasteiger partial charge on any atom is -0.440 e. The number of nitrogens with zero attached hydrogens (tertiary/aromatic N) is 3. The lowest BCUT2D eigenvalue weighted by molar-refractivity contribution is 0.453. The predicted octanol–water partition coefficient (Wildman–Crippen LogP) is 3.65. The second-order valence-electron chi connectivity index (χ2n) is 5.51. The fourth-order valence-electron chi connectivity index (χ4n) is 1.61. The van der Waals surface area contributed by atoms with Crippen molar-refractivity contribution < 1.29 is 4.42 Å². The largest absolute Gasteiger partial charge is 0.440 e. The summed E-state index contributed by atoms with van der Waals surface area (Å²) in [6.07, 6.45) is 3.20. The summed E-state index contributed by atoms with van der Waals surface area (Å²) in [7, 11) is 0. The van der Waals surface area contributed by atoms with E-state index in [1.54, 1.807) is 12.5 Å². The first-order valence-corrected chi connectivity index (χ1v) is 7.43. The van der Waals surface area contributed by atoms with Gasteiger partial charge >= 0.3 is 0 Å². The van der Waals surface area contributed by atoms with Gasteiger partial charge in [-0.2, -0.15) is 0 Å². The number of hydrogen-bond acceptors (Lipinski definition) is 6. The molecule has 0 aromatic carbocycles. The number of anilines is 1. The van der Waals surface area contributed by atoms with Gasteiger partial charge in [0.2, 0.25) is 0 Å². The molecule has 0 fully saturated rings. The van der Waals surface area contributed by atoms with E-state index in [4.69, 9.17) is 4.42 Å². The molecule has 1 N–H and O–H groups in total. The molecule has 2 aromatic rings. The third kappa shape index (κ3) is 3.30. The Kier molecular flexibility index (Phi) is 4.32. The van der Waals surface area contributed by atoms with Crippen molar-refractivity contribution >= 4 is 17.6 Å². The van der Waals surface area contributed by atoms with Crippen LogP contribution in [0.15, 0.2) is 27.1 Å². The molecule has 108 valence electrons. The number of hydrogen-bond donors (Lipinski definition) is 1. The van der Waals surface area contributed by atoms with E-state index in [0.717, 1.165) is 28.8 Å². The van der Waals surface area contributed by atoms with Gasteiger partial charge in [0.1, 0.15) is 22.9 Å². The average Bonchev–Trinajstić information content (AvgIpc) is 2.86. The molecule has 0 aliphatic rings. The normalized spacial score (nSPS) is 11.7. The van der Waals surface area contributed by atoms with Crippen molar-refractivity contribution in [3.63, 3.8) is 0 Å². The van der Waals surface area contributed by atoms with Gasteiger partial charge in [0, 0.05) is 17.5 Å². The van der Waals surface area contributed by atoms with Crippen molar-refractivity contribution in [1.29, 1.82) is 0 Å². The standard InChI is InChI=1S/C14H20N4OS/c1-6-15-10-9(2)11(20-13-16-7-8-19-13)18-12(17-10)14(3,4)5/h7-8H,6H2,1-5H3,(H,15,17,18). The Morgan fingerprint density at radius 1 is 1.30 bits per heavy atom. The lowest BCUT2D eigenvalue weighted by Crippen LogP contribution is -2.18. The Labute approximate surface area is 123 Å². The maximum Gasteiger partial charge on any atom is 0.261 e. The molecular weight excluding hydrogens is 272 g/mol. The van der Waals surface area contributed by atoms with Crippen LogP contribution in [0.5, 0.6) is 0 Å². The topological polar surface area (TPSA) is 63.8 Å². The summed E-state index contributed by atoms with van der Waals surface area (Å²) in [5.74, 6) is 1.69. The summed E-state index contributed by atoms with van der Waals surface area (Å²) < 4.78 is 5.29. The molecule has 0 amide bonds. The van der Waals surface area contributed by atoms with Gasteiger partial charge in [0.15, 0.2) is 0 Å². The molecule has 0 saturated carbocycles. The van der Waals surface area contributed by atoms with Crippen LogP contribution < -0.4 is 5.32 Å². The Balaban J connectivity index is 2.45. The number of rotatable bonds is 4. The highest BCUT2D eigenvalue weighted by atomic mass is 32.2. The lowest BCUT2D eigenvalue weighted by Gasteiger charge is -2.20. The van der Waals surface area contributed by atoms with E-state index in [1.807, 2.05) is 6.92 Å². The number of nitrogens with one attached hydrogen (secondary N) is 1. The molecule has 0 saturated heterocycles. The molecule has 0 bridgehead atoms. The van der Waals surface area contributed by atoms with Gasteiger partial charge in [-0.05, 0) is 25.6 Å². The minimum atomic E-state index is -0.107. The van der Waals surface area contributed by atoms with Gasteiger partial charge in [0.25, 0.3) is 5.22 Å². The summed E-state index contributed by atoms with van der Waals surface area (Å²) in [5, 5.41) is 4.76. The van der Waals surface area contributed by atoms with Gasteiger partial charge in [-0.15, -0.1) is 0 Å². The van der Waals surface area contributed by atoms with Crippen LogP contribution in [0.4, 0.5) is 5.82 Å². The molecule has 2 rings (SSSR count). The van der Waals surface area contributed by atoms with Gasteiger partial charge in [0.05, 0.1) is 6.20 Å². The van der Waals surface area contributed by atoms with E-state index in [2.05, 4.69) is 48.0 Å². The van der Waals surface area contributed by atoms with E-state index in [0.29, 0.717) is 5.22 Å². The summed E-state index contributed by atoms with van der Waals surface area (Å²) in [5.41, 5.74) is 0.909. The zero-order valence-electron chi connectivity index (χ0n) is 12.5. The first-order chi connectivity index (χ1) is 9.41. The van der Waals surface area contributed by atoms with Crippen molar-refractivity contribution in [3.05, 3.63) is 23.8 Å². The molecule has 2 aromatic heterocycles. The number of oxazole rings is 1. The minimum absolute atomic E-state index is 0.107. The first kappa shape index (κ1) is 14.8. The lowest BCUT2D eigenvalue weighted by atomic mass is 9.95. The fourth-order valence-corrected chi connectivity index (χ4v) is 2.38. The van der Waals surface area contributed by atoms with Crippen LogP contribution in [0.1, 0.15) is 39.1 Å². The van der Waals surface area contributed by atoms with Crippen LogP contribution in [-0.2, 0) is 5.41 Å². The fraction of sp³-hybridized carbons (Fsp3) is 0.500. The van der Waals surface area contributed by atoms with E-state index in [9.17, 15) is 0 Å². The Hall–Kier alpha value is -1.56. The molecule has 20 heavy (non-hydrogen) atoms. The van der Waals surface area contributed by atoms with Crippen molar-refractivity contribution in [3.8, 4) is 0 Å². The molecule has 0 atom stereocenters. The molecule has 2 heterocycles. The zero-order valence-corrected chi connectivity index (χ0v) is 13.3. The highest BCUT2D eigenvalue weighted by molar-refractivity contribution is 7.99. The van der Waals surface area contributed by atoms with Gasteiger partial charge < -0.3 is 9.73 Å². The van der Waals surface area contributed by atoms with Crippen LogP contribution >= 0.6 is 11.8 Å². The molecule has 6 heteroatoms. The van der Waals surface area contributed by atoms with Crippen LogP contribution in [0.3, 0.4) is 0 Å². The maximum absolute atomic E-state index is 5.29. The summed E-state index contributed by atoms with van der Waals surface area (Å²) in [6.45, 7) is 11.2. The van der Waals surface area contributed by atoms with Gasteiger partial charge in [-0.3, -0.25) is 0 Å². The van der Waals surface area contributed by atoms with Crippen molar-refractivity contribution in [2.75, 3.05) is 11.9 Å². The molecule has 0 aliphatic heterocycles. The van der Waals surface area contributed by atoms with E-state index < -0.39 is 0 Å². The van der Waals surface area contributed by atoms with Crippen LogP contribution in [0, 0.1) is 6.92 Å². The maximum atomic E-state index is 5.29. The van der Waals surface area contributed by atoms with Crippen molar-refractivity contribution in [2.24, 2.45) is 0 Å². The smallest absolute Gasteiger partial charge is 0.261 e. The monoisotopic (exact) mass is 292 g/mol. The van der Waals surface area contributed by atoms with E-state index in [-0.39, 0.29) is 5.41 Å². The van der Waals surface area contributed by atoms with Gasteiger partial charge in [-0.1, -0.05) is 20.8 Å². The molecular formula is C14H20N4OS. The SMILES string of the molecule is CCNc1nc(C(C)(C)C)nc(Sc2ncco2)c1C. The Morgan fingerprint density at radius 2 is 2.05 bits per heavy atom. The molecule has 0 unspecified atom stereocenters. The summed E-state index contributed by atoms with van der Waals surface area (Å²) in [6, 6.07) is 0. The highest BCUT2D eigenvalue weighted by Crippen LogP contribution is 2.32.